The third-order valence-corrected chi connectivity index (χ3v) is 5.69. The lowest BCUT2D eigenvalue weighted by Crippen LogP contribution is -2.24. The summed E-state index contributed by atoms with van der Waals surface area (Å²) in [6.07, 6.45) is 5.54. The molecule has 0 amide bonds. The number of nitrogens with zero attached hydrogens (tertiary/aromatic N) is 5. The molecular formula is C22H25ClFN5. The van der Waals surface area contributed by atoms with Crippen LogP contribution in [0.15, 0.2) is 36.7 Å². The van der Waals surface area contributed by atoms with E-state index in [4.69, 9.17) is 16.6 Å². The highest BCUT2D eigenvalue weighted by molar-refractivity contribution is 6.30. The Kier molecular flexibility index (Phi) is 5.54. The zero-order chi connectivity index (χ0) is 20.5. The van der Waals surface area contributed by atoms with Gasteiger partial charge in [-0.05, 0) is 49.9 Å². The minimum Gasteiger partial charge on any atom is -0.348 e. The Morgan fingerprint density at radius 3 is 2.69 bits per heavy atom. The molecule has 1 fully saturated rings. The second-order valence-corrected chi connectivity index (χ2v) is 8.34. The summed E-state index contributed by atoms with van der Waals surface area (Å²) in [5, 5.41) is 5.40. The van der Waals surface area contributed by atoms with Gasteiger partial charge in [0, 0.05) is 24.2 Å². The van der Waals surface area contributed by atoms with Gasteiger partial charge in [-0.2, -0.15) is 5.10 Å². The smallest absolute Gasteiger partial charge is 0.148 e. The first kappa shape index (κ1) is 19.8. The summed E-state index contributed by atoms with van der Waals surface area (Å²) in [5.74, 6) is 1.01. The van der Waals surface area contributed by atoms with Gasteiger partial charge in [-0.15, -0.1) is 0 Å². The number of hydrogen-bond donors (Lipinski definition) is 0. The van der Waals surface area contributed by atoms with Crippen molar-refractivity contribution in [2.24, 2.45) is 5.92 Å². The molecule has 2 aromatic heterocycles. The molecule has 1 aliphatic heterocycles. The van der Waals surface area contributed by atoms with Crippen LogP contribution in [-0.2, 0) is 6.54 Å². The summed E-state index contributed by atoms with van der Waals surface area (Å²) in [6, 6.07) is 6.45. The van der Waals surface area contributed by atoms with Crippen LogP contribution in [0.2, 0.25) is 5.15 Å². The molecule has 0 spiro atoms. The highest BCUT2D eigenvalue weighted by Gasteiger charge is 2.32. The van der Waals surface area contributed by atoms with Crippen molar-refractivity contribution < 1.29 is 4.39 Å². The molecule has 1 saturated heterocycles. The molecule has 3 aromatic rings. The number of aryl methyl sites for hydroxylation is 1. The molecule has 1 unspecified atom stereocenters. The van der Waals surface area contributed by atoms with Gasteiger partial charge in [0.1, 0.15) is 16.8 Å². The topological polar surface area (TPSA) is 46.8 Å². The van der Waals surface area contributed by atoms with Crippen molar-refractivity contribution in [2.45, 2.75) is 46.2 Å². The monoisotopic (exact) mass is 413 g/mol. The van der Waals surface area contributed by atoms with Crippen LogP contribution in [0.4, 0.5) is 10.2 Å². The Balaban J connectivity index is 1.67. The predicted molar refractivity (Wildman–Crippen MR) is 114 cm³/mol. The Hall–Kier alpha value is -2.47. The van der Waals surface area contributed by atoms with E-state index in [1.165, 1.54) is 12.1 Å². The van der Waals surface area contributed by atoms with Crippen molar-refractivity contribution in [2.75, 3.05) is 11.4 Å². The SMILES string of the molecule is Cc1nn(CC(C)C)c(Cl)c1C1CCCN1c1cncc(-c2ccc(F)cc2)n1. The summed E-state index contributed by atoms with van der Waals surface area (Å²) >= 11 is 6.75. The number of rotatable bonds is 5. The van der Waals surface area contributed by atoms with Crippen molar-refractivity contribution >= 4 is 17.4 Å². The Morgan fingerprint density at radius 2 is 1.97 bits per heavy atom. The maximum absolute atomic E-state index is 13.3. The highest BCUT2D eigenvalue weighted by Crippen LogP contribution is 2.40. The van der Waals surface area contributed by atoms with Crippen LogP contribution >= 0.6 is 11.6 Å². The van der Waals surface area contributed by atoms with E-state index in [1.54, 1.807) is 24.5 Å². The lowest BCUT2D eigenvalue weighted by molar-refractivity contribution is 0.481. The molecule has 3 heterocycles. The van der Waals surface area contributed by atoms with Crippen molar-refractivity contribution in [3.05, 3.63) is 58.9 Å². The van der Waals surface area contributed by atoms with Gasteiger partial charge in [-0.25, -0.2) is 9.37 Å². The van der Waals surface area contributed by atoms with Gasteiger partial charge in [0.2, 0.25) is 0 Å². The van der Waals surface area contributed by atoms with Crippen LogP contribution in [0.5, 0.6) is 0 Å². The van der Waals surface area contributed by atoms with Crippen LogP contribution < -0.4 is 4.90 Å². The zero-order valence-corrected chi connectivity index (χ0v) is 17.7. The van der Waals surface area contributed by atoms with Crippen LogP contribution in [0.25, 0.3) is 11.3 Å². The molecular weight excluding hydrogens is 389 g/mol. The fraction of sp³-hybridized carbons (Fsp3) is 0.409. The summed E-state index contributed by atoms with van der Waals surface area (Å²) in [5.41, 5.74) is 3.62. The van der Waals surface area contributed by atoms with Crippen LogP contribution in [0, 0.1) is 18.7 Å². The van der Waals surface area contributed by atoms with Crippen LogP contribution in [0.3, 0.4) is 0 Å². The minimum atomic E-state index is -0.263. The standard InChI is InChI=1S/C22H25ClFN5/c1-14(2)13-29-22(23)21(15(3)27-29)19-5-4-10-28(19)20-12-25-11-18(26-20)16-6-8-17(24)9-7-16/h6-9,11-12,14,19H,4-5,10,13H2,1-3H3. The van der Waals surface area contributed by atoms with Gasteiger partial charge in [0.25, 0.3) is 0 Å². The molecule has 1 aliphatic rings. The molecule has 5 nitrogen and oxygen atoms in total. The summed E-state index contributed by atoms with van der Waals surface area (Å²) in [7, 11) is 0. The predicted octanol–water partition coefficient (Wildman–Crippen LogP) is 5.44. The quantitative estimate of drug-likeness (QED) is 0.558. The number of hydrogen-bond acceptors (Lipinski definition) is 4. The molecule has 1 aromatic carbocycles. The van der Waals surface area contributed by atoms with E-state index in [-0.39, 0.29) is 11.9 Å². The molecule has 4 rings (SSSR count). The summed E-state index contributed by atoms with van der Waals surface area (Å²) in [4.78, 5) is 11.5. The number of halogens is 2. The average molecular weight is 414 g/mol. The van der Waals surface area contributed by atoms with E-state index in [2.05, 4.69) is 28.8 Å². The van der Waals surface area contributed by atoms with Gasteiger partial charge in [0.15, 0.2) is 0 Å². The molecule has 0 bridgehead atoms. The van der Waals surface area contributed by atoms with E-state index < -0.39 is 0 Å². The summed E-state index contributed by atoms with van der Waals surface area (Å²) in [6.45, 7) is 8.02. The number of anilines is 1. The lowest BCUT2D eigenvalue weighted by Gasteiger charge is -2.26. The average Bonchev–Trinajstić information content (AvgIpc) is 3.26. The van der Waals surface area contributed by atoms with Crippen molar-refractivity contribution in [1.29, 1.82) is 0 Å². The van der Waals surface area contributed by atoms with E-state index in [1.807, 2.05) is 11.6 Å². The molecule has 0 aliphatic carbocycles. The molecule has 152 valence electrons. The van der Waals surface area contributed by atoms with Crippen molar-refractivity contribution in [1.82, 2.24) is 19.7 Å². The molecule has 29 heavy (non-hydrogen) atoms. The fourth-order valence-electron chi connectivity index (χ4n) is 4.01. The second-order valence-electron chi connectivity index (χ2n) is 7.99. The normalized spacial score (nSPS) is 16.8. The van der Waals surface area contributed by atoms with E-state index in [0.29, 0.717) is 5.92 Å². The Bertz CT molecular complexity index is 999. The van der Waals surface area contributed by atoms with Gasteiger partial charge >= 0.3 is 0 Å². The third-order valence-electron chi connectivity index (χ3n) is 5.29. The molecule has 0 radical (unpaired) electrons. The first-order chi connectivity index (χ1) is 13.9. The third kappa shape index (κ3) is 3.99. The van der Waals surface area contributed by atoms with Crippen LogP contribution in [-0.4, -0.2) is 26.3 Å². The largest absolute Gasteiger partial charge is 0.348 e. The molecule has 1 atom stereocenters. The van der Waals surface area contributed by atoms with Crippen LogP contribution in [0.1, 0.15) is 44.0 Å². The minimum absolute atomic E-state index is 0.126. The van der Waals surface area contributed by atoms with Gasteiger partial charge < -0.3 is 4.90 Å². The fourth-order valence-corrected chi connectivity index (χ4v) is 4.38. The Labute approximate surface area is 175 Å². The van der Waals surface area contributed by atoms with Crippen molar-refractivity contribution in [3.8, 4) is 11.3 Å². The molecule has 7 heteroatoms. The Morgan fingerprint density at radius 1 is 1.21 bits per heavy atom. The van der Waals surface area contributed by atoms with Gasteiger partial charge in [0.05, 0.1) is 29.8 Å². The van der Waals surface area contributed by atoms with Gasteiger partial charge in [-0.1, -0.05) is 25.4 Å². The maximum atomic E-state index is 13.3. The maximum Gasteiger partial charge on any atom is 0.148 e. The van der Waals surface area contributed by atoms with Crippen molar-refractivity contribution in [3.63, 3.8) is 0 Å². The van der Waals surface area contributed by atoms with E-state index >= 15 is 0 Å². The zero-order valence-electron chi connectivity index (χ0n) is 16.9. The first-order valence-corrected chi connectivity index (χ1v) is 10.4. The molecule has 0 saturated carbocycles. The number of aromatic nitrogens is 4. The molecule has 0 N–H and O–H groups in total. The van der Waals surface area contributed by atoms with Gasteiger partial charge in [-0.3, -0.25) is 9.67 Å². The first-order valence-electron chi connectivity index (χ1n) is 10.0. The second kappa shape index (κ2) is 8.11. The highest BCUT2D eigenvalue weighted by atomic mass is 35.5. The summed E-state index contributed by atoms with van der Waals surface area (Å²) < 4.78 is 15.2. The number of benzene rings is 1. The van der Waals surface area contributed by atoms with E-state index in [0.717, 1.165) is 59.4 Å². The van der Waals surface area contributed by atoms with E-state index in [9.17, 15) is 4.39 Å². The lowest BCUT2D eigenvalue weighted by atomic mass is 10.1.